The van der Waals surface area contributed by atoms with Crippen molar-refractivity contribution in [3.63, 3.8) is 0 Å². The molecule has 0 saturated carbocycles. The van der Waals surface area contributed by atoms with Crippen molar-refractivity contribution in [2.75, 3.05) is 34.1 Å². The molecule has 0 fully saturated rings. The van der Waals surface area contributed by atoms with Crippen LogP contribution in [0.4, 0.5) is 0 Å². The average molecular weight is 255 g/mol. The smallest absolute Gasteiger partial charge is 0.124 e. The van der Waals surface area contributed by atoms with Gasteiger partial charge in [-0.25, -0.2) is 0 Å². The van der Waals surface area contributed by atoms with E-state index >= 15 is 0 Å². The van der Waals surface area contributed by atoms with Crippen molar-refractivity contribution in [3.8, 4) is 11.5 Å². The molecule has 0 aliphatic carbocycles. The molecule has 0 heterocycles. The van der Waals surface area contributed by atoms with Gasteiger partial charge in [0.1, 0.15) is 11.5 Å². The number of methoxy groups -OCH3 is 2. The molecule has 0 radical (unpaired) electrons. The van der Waals surface area contributed by atoms with Gasteiger partial charge in [-0.2, -0.15) is 12.6 Å². The van der Waals surface area contributed by atoms with Gasteiger partial charge in [-0.05, 0) is 38.7 Å². The van der Waals surface area contributed by atoms with E-state index in [9.17, 15) is 0 Å². The molecule has 1 rings (SSSR count). The van der Waals surface area contributed by atoms with E-state index in [0.717, 1.165) is 28.4 Å². The SMILES string of the molecule is COc1cc(C(CS)N(C)C)c(OC)cc1C. The van der Waals surface area contributed by atoms with Crippen LogP contribution in [-0.4, -0.2) is 39.0 Å². The third-order valence-electron chi connectivity index (χ3n) is 2.90. The summed E-state index contributed by atoms with van der Waals surface area (Å²) in [6.45, 7) is 2.01. The van der Waals surface area contributed by atoms with Crippen molar-refractivity contribution in [1.82, 2.24) is 4.90 Å². The second-order valence-corrected chi connectivity index (χ2v) is 4.59. The monoisotopic (exact) mass is 255 g/mol. The first kappa shape index (κ1) is 14.2. The fourth-order valence-electron chi connectivity index (χ4n) is 1.87. The predicted molar refractivity (Wildman–Crippen MR) is 74.6 cm³/mol. The first-order valence-corrected chi connectivity index (χ1v) is 6.18. The minimum absolute atomic E-state index is 0.211. The molecule has 1 atom stereocenters. The average Bonchev–Trinajstić information content (AvgIpc) is 2.30. The van der Waals surface area contributed by atoms with Crippen molar-refractivity contribution in [1.29, 1.82) is 0 Å². The Kier molecular flexibility index (Phi) is 5.15. The number of hydrogen-bond donors (Lipinski definition) is 1. The number of nitrogens with zero attached hydrogens (tertiary/aromatic N) is 1. The molecule has 0 spiro atoms. The van der Waals surface area contributed by atoms with Crippen molar-refractivity contribution in [2.24, 2.45) is 0 Å². The topological polar surface area (TPSA) is 21.7 Å². The molecule has 1 unspecified atom stereocenters. The number of rotatable bonds is 5. The van der Waals surface area contributed by atoms with Gasteiger partial charge in [-0.1, -0.05) is 0 Å². The molecule has 0 amide bonds. The van der Waals surface area contributed by atoms with Crippen molar-refractivity contribution in [2.45, 2.75) is 13.0 Å². The van der Waals surface area contributed by atoms with Gasteiger partial charge in [0.2, 0.25) is 0 Å². The van der Waals surface area contributed by atoms with E-state index < -0.39 is 0 Å². The van der Waals surface area contributed by atoms with Crippen molar-refractivity contribution in [3.05, 3.63) is 23.3 Å². The van der Waals surface area contributed by atoms with E-state index in [1.165, 1.54) is 0 Å². The van der Waals surface area contributed by atoms with Crippen LogP contribution < -0.4 is 9.47 Å². The molecule has 3 nitrogen and oxygen atoms in total. The van der Waals surface area contributed by atoms with Gasteiger partial charge in [0.15, 0.2) is 0 Å². The third-order valence-corrected chi connectivity index (χ3v) is 3.25. The van der Waals surface area contributed by atoms with E-state index in [1.807, 2.05) is 33.2 Å². The van der Waals surface area contributed by atoms with E-state index in [0.29, 0.717) is 0 Å². The number of aryl methyl sites for hydroxylation is 1. The number of hydrogen-bond acceptors (Lipinski definition) is 4. The zero-order valence-corrected chi connectivity index (χ0v) is 12.0. The molecular formula is C13H21NO2S. The molecule has 0 aromatic heterocycles. The minimum Gasteiger partial charge on any atom is -0.496 e. The van der Waals surface area contributed by atoms with Gasteiger partial charge in [0, 0.05) is 17.4 Å². The molecule has 96 valence electrons. The number of thiol groups is 1. The van der Waals surface area contributed by atoms with Crippen molar-refractivity contribution < 1.29 is 9.47 Å². The molecule has 0 bridgehead atoms. The summed E-state index contributed by atoms with van der Waals surface area (Å²) in [7, 11) is 7.44. The van der Waals surface area contributed by atoms with Crippen LogP contribution in [0.5, 0.6) is 11.5 Å². The summed E-state index contributed by atoms with van der Waals surface area (Å²) in [6.07, 6.45) is 0. The summed E-state index contributed by atoms with van der Waals surface area (Å²) >= 11 is 4.40. The Labute approximate surface area is 109 Å². The summed E-state index contributed by atoms with van der Waals surface area (Å²) in [4.78, 5) is 2.12. The highest BCUT2D eigenvalue weighted by molar-refractivity contribution is 7.80. The molecule has 1 aromatic rings. The molecule has 0 N–H and O–H groups in total. The Morgan fingerprint density at radius 3 is 2.18 bits per heavy atom. The summed E-state index contributed by atoms with van der Waals surface area (Å²) in [5, 5.41) is 0. The quantitative estimate of drug-likeness (QED) is 0.817. The maximum atomic E-state index is 5.44. The van der Waals surface area contributed by atoms with Crippen LogP contribution in [-0.2, 0) is 0 Å². The lowest BCUT2D eigenvalue weighted by Gasteiger charge is -2.25. The van der Waals surface area contributed by atoms with Crippen LogP contribution in [0.1, 0.15) is 17.2 Å². The Morgan fingerprint density at radius 2 is 1.76 bits per heavy atom. The molecule has 4 heteroatoms. The lowest BCUT2D eigenvalue weighted by molar-refractivity contribution is 0.311. The maximum absolute atomic E-state index is 5.44. The summed E-state index contributed by atoms with van der Waals surface area (Å²) < 4.78 is 10.8. The molecule has 0 aliphatic heterocycles. The van der Waals surface area contributed by atoms with E-state index in [4.69, 9.17) is 9.47 Å². The van der Waals surface area contributed by atoms with Gasteiger partial charge in [-0.15, -0.1) is 0 Å². The van der Waals surface area contributed by atoms with E-state index in [-0.39, 0.29) is 6.04 Å². The lowest BCUT2D eigenvalue weighted by Crippen LogP contribution is -2.22. The number of benzene rings is 1. The normalized spacial score (nSPS) is 12.6. The predicted octanol–water partition coefficient (Wildman–Crippen LogP) is 2.54. The Balaban J connectivity index is 3.28. The van der Waals surface area contributed by atoms with Gasteiger partial charge >= 0.3 is 0 Å². The van der Waals surface area contributed by atoms with Crippen LogP contribution in [0.25, 0.3) is 0 Å². The molecule has 1 aromatic carbocycles. The van der Waals surface area contributed by atoms with Gasteiger partial charge in [0.25, 0.3) is 0 Å². The Bertz CT molecular complexity index is 380. The highest BCUT2D eigenvalue weighted by Crippen LogP contribution is 2.34. The summed E-state index contributed by atoms with van der Waals surface area (Å²) in [6, 6.07) is 4.26. The standard InChI is InChI=1S/C13H21NO2S/c1-9-6-13(16-5)10(7-12(9)15-4)11(8-17)14(2)3/h6-7,11,17H,8H2,1-5H3. The Morgan fingerprint density at radius 1 is 1.18 bits per heavy atom. The minimum atomic E-state index is 0.211. The van der Waals surface area contributed by atoms with Crippen LogP contribution in [0, 0.1) is 6.92 Å². The highest BCUT2D eigenvalue weighted by atomic mass is 32.1. The van der Waals surface area contributed by atoms with Gasteiger partial charge in [0.05, 0.1) is 14.2 Å². The molecule has 0 saturated heterocycles. The maximum Gasteiger partial charge on any atom is 0.124 e. The van der Waals surface area contributed by atoms with E-state index in [1.54, 1.807) is 14.2 Å². The number of ether oxygens (including phenoxy) is 2. The van der Waals surface area contributed by atoms with Crippen LogP contribution in [0.15, 0.2) is 12.1 Å². The van der Waals surface area contributed by atoms with Crippen LogP contribution >= 0.6 is 12.6 Å². The zero-order chi connectivity index (χ0) is 13.0. The fraction of sp³-hybridized carbons (Fsp3) is 0.538. The van der Waals surface area contributed by atoms with Gasteiger partial charge in [-0.3, -0.25) is 0 Å². The van der Waals surface area contributed by atoms with E-state index in [2.05, 4.69) is 17.5 Å². The first-order chi connectivity index (χ1) is 8.04. The highest BCUT2D eigenvalue weighted by Gasteiger charge is 2.19. The van der Waals surface area contributed by atoms with Crippen molar-refractivity contribution >= 4 is 12.6 Å². The fourth-order valence-corrected chi connectivity index (χ4v) is 2.40. The molecular weight excluding hydrogens is 234 g/mol. The van der Waals surface area contributed by atoms with Crippen LogP contribution in [0.3, 0.4) is 0 Å². The largest absolute Gasteiger partial charge is 0.496 e. The second kappa shape index (κ2) is 6.17. The summed E-state index contributed by atoms with van der Waals surface area (Å²) in [5.74, 6) is 2.50. The molecule has 17 heavy (non-hydrogen) atoms. The first-order valence-electron chi connectivity index (χ1n) is 5.55. The van der Waals surface area contributed by atoms with Crippen LogP contribution in [0.2, 0.25) is 0 Å². The summed E-state index contributed by atoms with van der Waals surface area (Å²) in [5.41, 5.74) is 2.18. The molecule has 0 aliphatic rings. The third kappa shape index (κ3) is 3.07. The second-order valence-electron chi connectivity index (χ2n) is 4.23. The zero-order valence-electron chi connectivity index (χ0n) is 11.2. The Hall–Kier alpha value is -0.870. The lowest BCUT2D eigenvalue weighted by atomic mass is 10.0. The van der Waals surface area contributed by atoms with Gasteiger partial charge < -0.3 is 14.4 Å².